The topological polar surface area (TPSA) is 24.9 Å². The minimum atomic E-state index is -0.706. The van der Waals surface area contributed by atoms with Gasteiger partial charge in [0.05, 0.1) is 0 Å². The van der Waals surface area contributed by atoms with E-state index < -0.39 is 11.6 Å². The van der Waals surface area contributed by atoms with E-state index in [1.54, 1.807) is 6.07 Å². The zero-order valence-electron chi connectivity index (χ0n) is 10.1. The first-order valence-corrected chi connectivity index (χ1v) is 6.88. The van der Waals surface area contributed by atoms with E-state index in [9.17, 15) is 8.78 Å². The van der Waals surface area contributed by atoms with Crippen LogP contribution in [0.5, 0.6) is 0 Å². The Morgan fingerprint density at radius 1 is 1.26 bits per heavy atom. The van der Waals surface area contributed by atoms with E-state index >= 15 is 0 Å². The molecule has 0 bridgehead atoms. The fourth-order valence-corrected chi connectivity index (χ4v) is 2.67. The molecule has 6 heteroatoms. The number of nitrogens with zero attached hydrogens (tertiary/aromatic N) is 1. The minimum absolute atomic E-state index is 0.0306. The van der Waals surface area contributed by atoms with E-state index in [4.69, 9.17) is 11.6 Å². The van der Waals surface area contributed by atoms with Gasteiger partial charge in [0.15, 0.2) is 17.5 Å². The molecular weight excluding hydrogens is 290 g/mol. The van der Waals surface area contributed by atoms with Gasteiger partial charge in [-0.25, -0.2) is 13.8 Å². The van der Waals surface area contributed by atoms with Crippen molar-refractivity contribution in [3.8, 4) is 0 Å². The maximum Gasteiger partial charge on any atom is 0.168 e. The first-order chi connectivity index (χ1) is 9.11. The molecule has 0 aliphatic heterocycles. The Bertz CT molecular complexity index is 593. The molecule has 0 atom stereocenters. The molecule has 0 radical (unpaired) electrons. The van der Waals surface area contributed by atoms with Crippen LogP contribution in [0.4, 0.5) is 14.6 Å². The fourth-order valence-electron chi connectivity index (χ4n) is 1.49. The molecular formula is C13H11ClF2N2S. The number of hydrogen-bond donors (Lipinski definition) is 1. The molecule has 2 nitrogen and oxygen atoms in total. The molecule has 0 amide bonds. The van der Waals surface area contributed by atoms with Crippen LogP contribution in [0.25, 0.3) is 0 Å². The third-order valence-electron chi connectivity index (χ3n) is 2.46. The Balaban J connectivity index is 2.18. The Labute approximate surface area is 119 Å². The van der Waals surface area contributed by atoms with Crippen LogP contribution in [-0.4, -0.2) is 12.0 Å². The molecule has 0 aliphatic rings. The molecule has 2 aromatic rings. The highest BCUT2D eigenvalue weighted by atomic mass is 35.5. The van der Waals surface area contributed by atoms with Crippen LogP contribution in [0.3, 0.4) is 0 Å². The molecule has 1 N–H and O–H groups in total. The molecule has 0 spiro atoms. The minimum Gasteiger partial charge on any atom is -0.371 e. The summed E-state index contributed by atoms with van der Waals surface area (Å²) < 4.78 is 26.8. The summed E-state index contributed by atoms with van der Waals surface area (Å²) in [4.78, 5) is 3.89. The Kier molecular flexibility index (Phi) is 4.61. The molecule has 1 aromatic carbocycles. The summed E-state index contributed by atoms with van der Waals surface area (Å²) in [7, 11) is 1.53. The van der Waals surface area contributed by atoms with Gasteiger partial charge in [0.2, 0.25) is 0 Å². The molecule has 1 heterocycles. The average molecular weight is 301 g/mol. The Hall–Kier alpha value is -1.33. The van der Waals surface area contributed by atoms with Crippen molar-refractivity contribution in [2.75, 3.05) is 12.4 Å². The smallest absolute Gasteiger partial charge is 0.168 e. The van der Waals surface area contributed by atoms with E-state index in [-0.39, 0.29) is 10.8 Å². The SMILES string of the molecule is CNc1nc(SCc2ccccc2Cl)c(F)cc1F. The van der Waals surface area contributed by atoms with Crippen LogP contribution in [0, 0.1) is 11.6 Å². The van der Waals surface area contributed by atoms with Crippen LogP contribution >= 0.6 is 23.4 Å². The van der Waals surface area contributed by atoms with Gasteiger partial charge in [-0.2, -0.15) is 0 Å². The lowest BCUT2D eigenvalue weighted by molar-refractivity contribution is 0.551. The monoisotopic (exact) mass is 300 g/mol. The predicted octanol–water partition coefficient (Wildman–Crippen LogP) is 4.35. The Morgan fingerprint density at radius 2 is 2.00 bits per heavy atom. The summed E-state index contributed by atoms with van der Waals surface area (Å²) >= 11 is 7.19. The molecule has 0 aliphatic carbocycles. The normalized spacial score (nSPS) is 10.5. The van der Waals surface area contributed by atoms with Gasteiger partial charge in [0.1, 0.15) is 5.03 Å². The molecule has 0 fully saturated rings. The van der Waals surface area contributed by atoms with Crippen molar-refractivity contribution < 1.29 is 8.78 Å². The quantitative estimate of drug-likeness (QED) is 0.850. The number of rotatable bonds is 4. The zero-order chi connectivity index (χ0) is 13.8. The van der Waals surface area contributed by atoms with Gasteiger partial charge in [0.25, 0.3) is 0 Å². The van der Waals surface area contributed by atoms with Gasteiger partial charge in [-0.15, -0.1) is 0 Å². The van der Waals surface area contributed by atoms with E-state index in [0.717, 1.165) is 11.6 Å². The lowest BCUT2D eigenvalue weighted by Crippen LogP contribution is -2.00. The molecule has 19 heavy (non-hydrogen) atoms. The predicted molar refractivity (Wildman–Crippen MR) is 74.7 cm³/mol. The summed E-state index contributed by atoms with van der Waals surface area (Å²) in [5.41, 5.74) is 0.880. The molecule has 0 saturated heterocycles. The summed E-state index contributed by atoms with van der Waals surface area (Å²) in [6.45, 7) is 0. The summed E-state index contributed by atoms with van der Waals surface area (Å²) in [6.07, 6.45) is 0. The zero-order valence-corrected chi connectivity index (χ0v) is 11.7. The number of pyridine rings is 1. The number of benzene rings is 1. The highest BCUT2D eigenvalue weighted by molar-refractivity contribution is 7.98. The van der Waals surface area contributed by atoms with Crippen molar-refractivity contribution in [1.82, 2.24) is 4.98 Å². The summed E-state index contributed by atoms with van der Waals surface area (Å²) in [6, 6.07) is 8.13. The number of nitrogens with one attached hydrogen (secondary N) is 1. The van der Waals surface area contributed by atoms with Crippen molar-refractivity contribution in [2.45, 2.75) is 10.8 Å². The lowest BCUT2D eigenvalue weighted by Gasteiger charge is -2.07. The molecule has 1 aromatic heterocycles. The Morgan fingerprint density at radius 3 is 2.68 bits per heavy atom. The van der Waals surface area contributed by atoms with E-state index in [1.807, 2.05) is 18.2 Å². The maximum absolute atomic E-state index is 13.6. The van der Waals surface area contributed by atoms with Crippen molar-refractivity contribution >= 4 is 29.2 Å². The van der Waals surface area contributed by atoms with Gasteiger partial charge in [-0.3, -0.25) is 0 Å². The van der Waals surface area contributed by atoms with E-state index in [2.05, 4.69) is 10.3 Å². The second kappa shape index (κ2) is 6.21. The second-order valence-corrected chi connectivity index (χ2v) is 5.11. The molecule has 0 saturated carbocycles. The first-order valence-electron chi connectivity index (χ1n) is 5.52. The first kappa shape index (κ1) is 14.1. The van der Waals surface area contributed by atoms with Gasteiger partial charge in [-0.05, 0) is 11.6 Å². The highest BCUT2D eigenvalue weighted by Crippen LogP contribution is 2.28. The second-order valence-electron chi connectivity index (χ2n) is 3.74. The number of halogens is 3. The van der Waals surface area contributed by atoms with Crippen molar-refractivity contribution in [3.05, 3.63) is 52.6 Å². The van der Waals surface area contributed by atoms with E-state index in [1.165, 1.54) is 18.8 Å². The number of hydrogen-bond acceptors (Lipinski definition) is 3. The standard InChI is InChI=1S/C13H11ClF2N2S/c1-17-12-10(15)6-11(16)13(18-12)19-7-8-4-2-3-5-9(8)14/h2-6H,7H2,1H3,(H,17,18). The molecule has 2 rings (SSSR count). The number of aromatic nitrogens is 1. The van der Waals surface area contributed by atoms with Gasteiger partial charge in [0, 0.05) is 23.9 Å². The van der Waals surface area contributed by atoms with E-state index in [0.29, 0.717) is 10.8 Å². The fraction of sp³-hybridized carbons (Fsp3) is 0.154. The van der Waals surface area contributed by atoms with Crippen LogP contribution in [-0.2, 0) is 5.75 Å². The average Bonchev–Trinajstić information content (AvgIpc) is 2.39. The molecule has 100 valence electrons. The summed E-state index contributed by atoms with van der Waals surface area (Å²) in [5.74, 6) is -0.878. The van der Waals surface area contributed by atoms with Crippen molar-refractivity contribution in [3.63, 3.8) is 0 Å². The number of thioether (sulfide) groups is 1. The van der Waals surface area contributed by atoms with Gasteiger partial charge >= 0.3 is 0 Å². The van der Waals surface area contributed by atoms with Crippen LogP contribution in [0.15, 0.2) is 35.4 Å². The largest absolute Gasteiger partial charge is 0.371 e. The van der Waals surface area contributed by atoms with Gasteiger partial charge in [-0.1, -0.05) is 41.6 Å². The lowest BCUT2D eigenvalue weighted by atomic mass is 10.2. The van der Waals surface area contributed by atoms with Crippen LogP contribution < -0.4 is 5.32 Å². The number of anilines is 1. The third kappa shape index (κ3) is 3.36. The third-order valence-corrected chi connectivity index (χ3v) is 3.84. The summed E-state index contributed by atoms with van der Waals surface area (Å²) in [5, 5.41) is 3.34. The van der Waals surface area contributed by atoms with Crippen LogP contribution in [0.2, 0.25) is 5.02 Å². The molecule has 0 unspecified atom stereocenters. The maximum atomic E-state index is 13.6. The highest BCUT2D eigenvalue weighted by Gasteiger charge is 2.12. The van der Waals surface area contributed by atoms with Gasteiger partial charge < -0.3 is 5.32 Å². The van der Waals surface area contributed by atoms with Crippen molar-refractivity contribution in [2.24, 2.45) is 0 Å². The van der Waals surface area contributed by atoms with Crippen LogP contribution in [0.1, 0.15) is 5.56 Å². The van der Waals surface area contributed by atoms with Crippen molar-refractivity contribution in [1.29, 1.82) is 0 Å².